The van der Waals surface area contributed by atoms with Crippen LogP contribution in [0.5, 0.6) is 0 Å². The molecule has 0 saturated heterocycles. The predicted molar refractivity (Wildman–Crippen MR) is 237 cm³/mol. The average molecular weight is 720 g/mol. The van der Waals surface area contributed by atoms with Gasteiger partial charge in [-0.1, -0.05) is 159 Å². The number of rotatable bonds is 5. The van der Waals surface area contributed by atoms with Gasteiger partial charge in [0.05, 0.1) is 5.69 Å². The minimum atomic E-state index is -0.0594. The van der Waals surface area contributed by atoms with E-state index >= 15 is 0 Å². The molecule has 1 nitrogen and oxygen atoms in total. The maximum absolute atomic E-state index is 2.46. The monoisotopic (exact) mass is 719 g/mol. The Morgan fingerprint density at radius 3 is 1.87 bits per heavy atom. The molecule has 0 N–H and O–H groups in total. The van der Waals surface area contributed by atoms with E-state index in [2.05, 4.69) is 207 Å². The molecule has 260 valence electrons. The second-order valence-electron chi connectivity index (χ2n) is 15.3. The highest BCUT2D eigenvalue weighted by molar-refractivity contribution is 7.26. The zero-order valence-corrected chi connectivity index (χ0v) is 31.6. The molecule has 1 heterocycles. The Balaban J connectivity index is 1.11. The largest absolute Gasteiger partial charge is 0.310 e. The van der Waals surface area contributed by atoms with Gasteiger partial charge in [0.1, 0.15) is 0 Å². The second-order valence-corrected chi connectivity index (χ2v) is 16.4. The van der Waals surface area contributed by atoms with Crippen LogP contribution in [0.3, 0.4) is 0 Å². The topological polar surface area (TPSA) is 3.24 Å². The summed E-state index contributed by atoms with van der Waals surface area (Å²) >= 11 is 1.88. The maximum atomic E-state index is 2.46. The molecule has 0 atom stereocenters. The molecule has 2 heteroatoms. The van der Waals surface area contributed by atoms with Crippen molar-refractivity contribution >= 4 is 70.1 Å². The number of anilines is 3. The molecule has 10 aromatic rings. The third kappa shape index (κ3) is 4.92. The van der Waals surface area contributed by atoms with Crippen LogP contribution in [0.15, 0.2) is 188 Å². The fourth-order valence-electron chi connectivity index (χ4n) is 9.25. The fraction of sp³-hybridized carbons (Fsp3) is 0.0566. The lowest BCUT2D eigenvalue weighted by atomic mass is 9.82. The molecule has 1 aliphatic rings. The number of hydrogen-bond acceptors (Lipinski definition) is 2. The number of para-hydroxylation sites is 1. The Morgan fingerprint density at radius 1 is 0.400 bits per heavy atom. The number of fused-ring (bicyclic) bond motifs is 9. The van der Waals surface area contributed by atoms with Gasteiger partial charge in [0, 0.05) is 42.5 Å². The zero-order chi connectivity index (χ0) is 36.7. The molecule has 0 unspecified atom stereocenters. The third-order valence-corrected chi connectivity index (χ3v) is 13.0. The highest BCUT2D eigenvalue weighted by Crippen LogP contribution is 2.52. The van der Waals surface area contributed by atoms with Gasteiger partial charge in [0.2, 0.25) is 0 Å². The Kier molecular flexibility index (Phi) is 7.14. The smallest absolute Gasteiger partial charge is 0.0540 e. The van der Waals surface area contributed by atoms with Gasteiger partial charge in [-0.05, 0) is 103 Å². The molecule has 9 aromatic carbocycles. The fourth-order valence-corrected chi connectivity index (χ4v) is 10.4. The summed E-state index contributed by atoms with van der Waals surface area (Å²) in [4.78, 5) is 2.46. The van der Waals surface area contributed by atoms with Crippen molar-refractivity contribution in [2.24, 2.45) is 0 Å². The molecule has 0 saturated carbocycles. The van der Waals surface area contributed by atoms with E-state index in [0.29, 0.717) is 0 Å². The first-order chi connectivity index (χ1) is 27.0. The van der Waals surface area contributed by atoms with E-state index in [0.717, 1.165) is 17.1 Å². The highest BCUT2D eigenvalue weighted by Gasteiger charge is 2.35. The Labute approximate surface area is 325 Å². The van der Waals surface area contributed by atoms with Gasteiger partial charge in [-0.3, -0.25) is 0 Å². The van der Waals surface area contributed by atoms with Gasteiger partial charge < -0.3 is 4.90 Å². The zero-order valence-electron chi connectivity index (χ0n) is 30.8. The summed E-state index contributed by atoms with van der Waals surface area (Å²) in [6.07, 6.45) is 0. The van der Waals surface area contributed by atoms with Crippen LogP contribution in [0.4, 0.5) is 17.1 Å². The summed E-state index contributed by atoms with van der Waals surface area (Å²) in [5.74, 6) is 0. The summed E-state index contributed by atoms with van der Waals surface area (Å²) < 4.78 is 2.65. The summed E-state index contributed by atoms with van der Waals surface area (Å²) in [7, 11) is 0. The lowest BCUT2D eigenvalue weighted by Crippen LogP contribution is -2.15. The van der Waals surface area contributed by atoms with E-state index in [1.54, 1.807) is 0 Å². The van der Waals surface area contributed by atoms with Crippen LogP contribution < -0.4 is 4.90 Å². The number of benzene rings is 9. The average Bonchev–Trinajstić information content (AvgIpc) is 3.73. The molecular formula is C53H37NS. The summed E-state index contributed by atoms with van der Waals surface area (Å²) in [5.41, 5.74) is 13.7. The Bertz CT molecular complexity index is 3120. The second kappa shape index (κ2) is 12.3. The third-order valence-electron chi connectivity index (χ3n) is 11.9. The van der Waals surface area contributed by atoms with Crippen LogP contribution in [-0.2, 0) is 5.41 Å². The minimum Gasteiger partial charge on any atom is -0.310 e. The van der Waals surface area contributed by atoms with Crippen LogP contribution in [-0.4, -0.2) is 0 Å². The maximum Gasteiger partial charge on any atom is 0.0540 e. The first-order valence-corrected chi connectivity index (χ1v) is 19.9. The Morgan fingerprint density at radius 2 is 1.02 bits per heavy atom. The van der Waals surface area contributed by atoms with Crippen LogP contribution >= 0.6 is 11.3 Å². The van der Waals surface area contributed by atoms with E-state index in [4.69, 9.17) is 0 Å². The number of thiophene rings is 1. The van der Waals surface area contributed by atoms with Crippen molar-refractivity contribution in [1.29, 1.82) is 0 Å². The van der Waals surface area contributed by atoms with Crippen molar-refractivity contribution in [2.75, 3.05) is 4.90 Å². The van der Waals surface area contributed by atoms with Crippen molar-refractivity contribution in [3.05, 3.63) is 199 Å². The molecule has 0 radical (unpaired) electrons. The molecule has 11 rings (SSSR count). The molecule has 0 bridgehead atoms. The molecule has 0 aliphatic heterocycles. The van der Waals surface area contributed by atoms with Crippen molar-refractivity contribution < 1.29 is 0 Å². The van der Waals surface area contributed by atoms with E-state index < -0.39 is 0 Å². The lowest BCUT2D eigenvalue weighted by Gasteiger charge is -2.29. The molecule has 1 aromatic heterocycles. The molecule has 0 spiro atoms. The predicted octanol–water partition coefficient (Wildman–Crippen LogP) is 15.5. The normalized spacial score (nSPS) is 13.1. The van der Waals surface area contributed by atoms with Crippen molar-refractivity contribution in [1.82, 2.24) is 0 Å². The first kappa shape index (κ1) is 32.0. The van der Waals surface area contributed by atoms with Gasteiger partial charge in [-0.15, -0.1) is 11.3 Å². The summed E-state index contributed by atoms with van der Waals surface area (Å²) in [6, 6.07) is 69.6. The molecule has 1 aliphatic carbocycles. The summed E-state index contributed by atoms with van der Waals surface area (Å²) in [6.45, 7) is 4.70. The van der Waals surface area contributed by atoms with Gasteiger partial charge in [0.15, 0.2) is 0 Å². The van der Waals surface area contributed by atoms with Crippen LogP contribution in [0.25, 0.3) is 75.1 Å². The van der Waals surface area contributed by atoms with E-state index in [1.165, 1.54) is 86.2 Å². The highest BCUT2D eigenvalue weighted by atomic mass is 32.1. The van der Waals surface area contributed by atoms with E-state index in [-0.39, 0.29) is 5.41 Å². The summed E-state index contributed by atoms with van der Waals surface area (Å²) in [5, 5.41) is 7.77. The lowest BCUT2D eigenvalue weighted by molar-refractivity contribution is 0.660. The van der Waals surface area contributed by atoms with E-state index in [1.807, 2.05) is 11.3 Å². The van der Waals surface area contributed by atoms with Crippen molar-refractivity contribution in [3.63, 3.8) is 0 Å². The molecule has 0 amide bonds. The molecular weight excluding hydrogens is 683 g/mol. The van der Waals surface area contributed by atoms with Gasteiger partial charge in [-0.2, -0.15) is 0 Å². The Hall–Kier alpha value is -6.48. The van der Waals surface area contributed by atoms with Gasteiger partial charge >= 0.3 is 0 Å². The van der Waals surface area contributed by atoms with Gasteiger partial charge in [-0.25, -0.2) is 0 Å². The molecule has 0 fully saturated rings. The SMILES string of the molecule is CC1(C)c2ccccc2-c2cc(N(c3ccc(-c4cc5sc6ccccc6c5c5ccccc45)cc3)c3ccccc3-c3cccc4ccccc34)ccc21. The quantitative estimate of drug-likeness (QED) is 0.171. The number of nitrogens with zero attached hydrogens (tertiary/aromatic N) is 1. The minimum absolute atomic E-state index is 0.0594. The van der Waals surface area contributed by atoms with Crippen molar-refractivity contribution in [2.45, 2.75) is 19.3 Å². The van der Waals surface area contributed by atoms with Gasteiger partial charge in [0.25, 0.3) is 0 Å². The van der Waals surface area contributed by atoms with Crippen LogP contribution in [0.1, 0.15) is 25.0 Å². The van der Waals surface area contributed by atoms with Crippen LogP contribution in [0, 0.1) is 0 Å². The first-order valence-electron chi connectivity index (χ1n) is 19.1. The van der Waals surface area contributed by atoms with Crippen LogP contribution in [0.2, 0.25) is 0 Å². The molecule has 55 heavy (non-hydrogen) atoms. The standard InChI is InChI=1S/C53H37NS/c1-53(2)47-23-10-7-18-41(47)46-32-37(30-31-48(46)53)54(49-24-11-8-19-42(49)39-22-13-15-34-14-3-4-16-38(34)39)36-28-26-35(27-29-36)45-33-51-52(43-20-6-5-17-40(43)45)44-21-9-12-25-50(44)55-51/h3-33H,1-2H3. The van der Waals surface area contributed by atoms with E-state index in [9.17, 15) is 0 Å². The number of hydrogen-bond donors (Lipinski definition) is 0. The van der Waals surface area contributed by atoms with Crippen molar-refractivity contribution in [3.8, 4) is 33.4 Å².